The van der Waals surface area contributed by atoms with Gasteiger partial charge in [0.05, 0.1) is 0 Å². The predicted octanol–water partition coefficient (Wildman–Crippen LogP) is 0.599. The average molecular weight is 450 g/mol. The fourth-order valence-corrected chi connectivity index (χ4v) is 4.68. The Morgan fingerprint density at radius 1 is 0.577 bits per heavy atom. The van der Waals surface area contributed by atoms with Gasteiger partial charge in [-0.05, 0) is 61.2 Å². The predicted molar refractivity (Wildman–Crippen MR) is 99.0 cm³/mol. The maximum absolute atomic E-state index is 9.28. The molecule has 0 saturated heterocycles. The van der Waals surface area contributed by atoms with Crippen LogP contribution in [0.5, 0.6) is 0 Å². The summed E-state index contributed by atoms with van der Waals surface area (Å²) >= 11 is 0. The molecule has 0 amide bonds. The quantitative estimate of drug-likeness (QED) is 0.271. The minimum Gasteiger partial charge on any atom is -0.400 e. The molecule has 8 heteroatoms. The van der Waals surface area contributed by atoms with E-state index in [2.05, 4.69) is 0 Å². The van der Waals surface area contributed by atoms with Gasteiger partial charge in [-0.2, -0.15) is 0 Å². The van der Waals surface area contributed by atoms with Gasteiger partial charge in [-0.25, -0.2) is 0 Å². The van der Waals surface area contributed by atoms with Crippen molar-refractivity contribution in [2.75, 3.05) is 41.7 Å². The fourth-order valence-electron chi connectivity index (χ4n) is 4.68. The molecule has 2 bridgehead atoms. The first-order chi connectivity index (χ1) is 10.8. The van der Waals surface area contributed by atoms with Crippen LogP contribution in [0.3, 0.4) is 0 Å². The molecule has 160 valence electrons. The van der Waals surface area contributed by atoms with Crippen LogP contribution in [-0.2, 0) is 43.4 Å². The second-order valence-electron chi connectivity index (χ2n) is 5.69. The topological polar surface area (TPSA) is 121 Å². The van der Waals surface area contributed by atoms with Gasteiger partial charge in [0.15, 0.2) is 0 Å². The second-order valence-corrected chi connectivity index (χ2v) is 5.69. The smallest absolute Gasteiger partial charge is 0.0462 e. The van der Waals surface area contributed by atoms with Crippen molar-refractivity contribution in [3.05, 3.63) is 14.9 Å². The summed E-state index contributed by atoms with van der Waals surface area (Å²) in [6, 6.07) is 0. The van der Waals surface area contributed by atoms with Gasteiger partial charge in [-0.15, -0.1) is 0 Å². The van der Waals surface area contributed by atoms with E-state index in [1.807, 2.05) is 0 Å². The standard InChI is InChI=1S/C12H20O2.4CH4O.2CH3.2Ti/c13-5-7-1-10-8-3-9(6-14)11(4-8)12(10)2-7;4*1-2;;;;/h7-14H,1-6H2;4*2H,1H3;2*1H3;;/q;;;;;2*-1;;. The van der Waals surface area contributed by atoms with Crippen LogP contribution in [0.25, 0.3) is 0 Å². The van der Waals surface area contributed by atoms with E-state index in [1.165, 1.54) is 25.7 Å². The van der Waals surface area contributed by atoms with Crippen LogP contribution in [0.15, 0.2) is 0 Å². The first-order valence-electron chi connectivity index (χ1n) is 7.84. The third-order valence-electron chi connectivity index (χ3n) is 5.20. The molecule has 0 spiro atoms. The minimum absolute atomic E-state index is 0. The van der Waals surface area contributed by atoms with E-state index in [0.29, 0.717) is 25.0 Å². The number of fused-ring (bicyclic) bond motifs is 5. The first-order valence-corrected chi connectivity index (χ1v) is 7.84. The molecular formula is C18H42O6Ti2-2. The zero-order chi connectivity index (χ0) is 17.7. The van der Waals surface area contributed by atoms with Crippen molar-refractivity contribution in [1.82, 2.24) is 0 Å². The first kappa shape index (κ1) is 41.5. The molecule has 3 fully saturated rings. The molecule has 0 radical (unpaired) electrons. The van der Waals surface area contributed by atoms with Gasteiger partial charge in [0.1, 0.15) is 0 Å². The van der Waals surface area contributed by atoms with E-state index < -0.39 is 0 Å². The molecule has 0 aromatic carbocycles. The zero-order valence-electron chi connectivity index (χ0n) is 17.4. The molecule has 0 aromatic rings. The van der Waals surface area contributed by atoms with Crippen LogP contribution in [-0.4, -0.2) is 72.3 Å². The Bertz CT molecular complexity index is 248. The Labute approximate surface area is 191 Å². The van der Waals surface area contributed by atoms with E-state index in [4.69, 9.17) is 20.4 Å². The van der Waals surface area contributed by atoms with E-state index in [9.17, 15) is 10.2 Å². The number of hydrogen-bond donors (Lipinski definition) is 6. The Morgan fingerprint density at radius 2 is 1.00 bits per heavy atom. The molecule has 0 aliphatic heterocycles. The molecule has 3 aliphatic rings. The van der Waals surface area contributed by atoms with Crippen molar-refractivity contribution in [3.63, 3.8) is 0 Å². The van der Waals surface area contributed by atoms with Crippen LogP contribution >= 0.6 is 0 Å². The third kappa shape index (κ3) is 10.7. The minimum atomic E-state index is 0. The summed E-state index contributed by atoms with van der Waals surface area (Å²) in [6.07, 6.45) is 5.14. The molecule has 3 saturated carbocycles. The van der Waals surface area contributed by atoms with E-state index in [0.717, 1.165) is 52.1 Å². The summed E-state index contributed by atoms with van der Waals surface area (Å²) in [6.45, 7) is 0.782. The molecule has 0 aromatic heterocycles. The fraction of sp³-hybridized carbons (Fsp3) is 0.889. The Kier molecular flexibility index (Phi) is 41.8. The van der Waals surface area contributed by atoms with Gasteiger partial charge in [0.2, 0.25) is 0 Å². The van der Waals surface area contributed by atoms with E-state index in [1.54, 1.807) is 0 Å². The normalized spacial score (nSPS) is 30.7. The number of hydrogen-bond acceptors (Lipinski definition) is 6. The molecule has 6 N–H and O–H groups in total. The van der Waals surface area contributed by atoms with Crippen molar-refractivity contribution in [3.8, 4) is 0 Å². The Hall–Kier alpha value is 1.19. The largest absolute Gasteiger partial charge is 0.400 e. The van der Waals surface area contributed by atoms with Crippen LogP contribution in [0.1, 0.15) is 25.7 Å². The molecular weight excluding hydrogens is 408 g/mol. The van der Waals surface area contributed by atoms with Gasteiger partial charge < -0.3 is 45.5 Å². The van der Waals surface area contributed by atoms with Crippen molar-refractivity contribution in [1.29, 1.82) is 0 Å². The molecule has 3 aliphatic carbocycles. The summed E-state index contributed by atoms with van der Waals surface area (Å²) in [5.41, 5.74) is 0. The second kappa shape index (κ2) is 26.2. The van der Waals surface area contributed by atoms with Crippen molar-refractivity contribution in [2.24, 2.45) is 35.5 Å². The summed E-state index contributed by atoms with van der Waals surface area (Å²) in [7, 11) is 4.00. The van der Waals surface area contributed by atoms with Crippen molar-refractivity contribution >= 4 is 0 Å². The summed E-state index contributed by atoms with van der Waals surface area (Å²) < 4.78 is 0. The third-order valence-corrected chi connectivity index (χ3v) is 5.20. The van der Waals surface area contributed by atoms with Crippen molar-refractivity contribution in [2.45, 2.75) is 25.7 Å². The van der Waals surface area contributed by atoms with Gasteiger partial charge in [0.25, 0.3) is 0 Å². The Morgan fingerprint density at radius 3 is 1.38 bits per heavy atom. The molecule has 26 heavy (non-hydrogen) atoms. The maximum Gasteiger partial charge on any atom is 0.0462 e. The summed E-state index contributed by atoms with van der Waals surface area (Å²) in [5, 5.41) is 46.5. The van der Waals surface area contributed by atoms with Crippen LogP contribution in [0.4, 0.5) is 0 Å². The molecule has 6 unspecified atom stereocenters. The molecule has 0 heterocycles. The molecule has 3 rings (SSSR count). The van der Waals surface area contributed by atoms with Gasteiger partial charge in [0, 0.05) is 85.1 Å². The molecule has 6 atom stereocenters. The van der Waals surface area contributed by atoms with Crippen LogP contribution in [0, 0.1) is 50.4 Å². The monoisotopic (exact) mass is 450 g/mol. The maximum atomic E-state index is 9.28. The Balaban J connectivity index is -0.0000000750. The SMILES string of the molecule is CO.CO.CO.CO.OCC1CC2C3CC(CO)C(C3)C2C1.[CH3-].[CH3-].[Ti].[Ti]. The zero-order valence-corrected chi connectivity index (χ0v) is 20.5. The van der Waals surface area contributed by atoms with Crippen molar-refractivity contribution < 1.29 is 74.1 Å². The summed E-state index contributed by atoms with van der Waals surface area (Å²) in [4.78, 5) is 0. The number of rotatable bonds is 2. The molecule has 6 nitrogen and oxygen atoms in total. The van der Waals surface area contributed by atoms with Gasteiger partial charge in [-0.3, -0.25) is 0 Å². The van der Waals surface area contributed by atoms with E-state index >= 15 is 0 Å². The van der Waals surface area contributed by atoms with Crippen LogP contribution in [0.2, 0.25) is 0 Å². The number of aliphatic hydroxyl groups is 6. The van der Waals surface area contributed by atoms with E-state index in [-0.39, 0.29) is 58.3 Å². The number of aliphatic hydroxyl groups excluding tert-OH is 6. The van der Waals surface area contributed by atoms with Crippen LogP contribution < -0.4 is 0 Å². The van der Waals surface area contributed by atoms with Gasteiger partial charge in [-0.1, -0.05) is 0 Å². The average Bonchev–Trinajstić information content (AvgIpc) is 3.32. The summed E-state index contributed by atoms with van der Waals surface area (Å²) in [5.74, 6) is 4.61. The van der Waals surface area contributed by atoms with Gasteiger partial charge >= 0.3 is 0 Å².